The third-order valence-corrected chi connectivity index (χ3v) is 11.7. The van der Waals surface area contributed by atoms with Crippen molar-refractivity contribution in [2.75, 3.05) is 33.2 Å². The minimum atomic E-state index is -6.18. The number of benzene rings is 2. The average molecular weight is 779 g/mol. The Morgan fingerprint density at radius 1 is 0.925 bits per heavy atom. The first-order valence-electron chi connectivity index (χ1n) is 15.7. The molecule has 2 fully saturated rings. The summed E-state index contributed by atoms with van der Waals surface area (Å²) >= 11 is 0. The maximum atomic E-state index is 14.6. The molecular weight excluding hydrogens is 743 g/mol. The second-order valence-corrected chi connectivity index (χ2v) is 14.5. The zero-order chi connectivity index (χ0) is 39.6. The predicted octanol–water partition coefficient (Wildman–Crippen LogP) is 6.71. The molecule has 2 unspecified atom stereocenters. The van der Waals surface area contributed by atoms with E-state index in [0.717, 1.165) is 24.3 Å². The van der Waals surface area contributed by atoms with Gasteiger partial charge in [0.25, 0.3) is 5.60 Å². The molecule has 4 rings (SSSR count). The molecule has 8 nitrogen and oxygen atoms in total. The molecule has 0 aliphatic carbocycles. The summed E-state index contributed by atoms with van der Waals surface area (Å²) < 4.78 is 133. The number of hydrogen-bond acceptors (Lipinski definition) is 4. The SMILES string of the molecule is C=C(F)/C=C\C(=C)S(=C)[C@@]1(c2ccc(C(OCc3c(F)cccc3F)(C(F)(F)F)C(F)(F)F)cc2)CCN(C(=O)N2CCC(NC=O)(C(=O)NC)C2)C1. The lowest BCUT2D eigenvalue weighted by Gasteiger charge is -2.38. The highest BCUT2D eigenvalue weighted by molar-refractivity contribution is 8.18. The van der Waals surface area contributed by atoms with Crippen LogP contribution >= 0.6 is 10.5 Å². The van der Waals surface area contributed by atoms with Crippen LogP contribution in [0.4, 0.5) is 44.3 Å². The Kier molecular flexibility index (Phi) is 12.0. The van der Waals surface area contributed by atoms with E-state index >= 15 is 0 Å². The molecular formula is C35H35F9N4O4S. The van der Waals surface area contributed by atoms with Crippen molar-refractivity contribution in [2.45, 2.75) is 47.7 Å². The monoisotopic (exact) mass is 778 g/mol. The maximum absolute atomic E-state index is 14.6. The van der Waals surface area contributed by atoms with Crippen molar-refractivity contribution in [3.05, 3.63) is 107 Å². The summed E-state index contributed by atoms with van der Waals surface area (Å²) in [6.45, 7) is 5.03. The number of ether oxygens (including phenoxy) is 1. The number of carbonyl (C=O) groups excluding carboxylic acids is 3. The van der Waals surface area contributed by atoms with Gasteiger partial charge in [-0.3, -0.25) is 9.59 Å². The highest BCUT2D eigenvalue weighted by Crippen LogP contribution is 2.55. The number of likely N-dealkylation sites (tertiary alicyclic amines) is 2. The van der Waals surface area contributed by atoms with Crippen LogP contribution in [-0.2, 0) is 31.3 Å². The van der Waals surface area contributed by atoms with Gasteiger partial charge in [-0.25, -0.2) is 18.0 Å². The van der Waals surface area contributed by atoms with E-state index in [0.29, 0.717) is 30.7 Å². The highest BCUT2D eigenvalue weighted by atomic mass is 32.2. The summed E-state index contributed by atoms with van der Waals surface area (Å²) in [6.07, 6.45) is -9.61. The Hall–Kier alpha value is -4.58. The molecule has 2 heterocycles. The van der Waals surface area contributed by atoms with Crippen LogP contribution in [0, 0.1) is 11.6 Å². The first-order chi connectivity index (χ1) is 24.7. The number of likely N-dealkylation sites (N-methyl/N-ethyl adjacent to an activating group) is 1. The number of amides is 4. The van der Waals surface area contributed by atoms with E-state index in [9.17, 15) is 53.9 Å². The highest BCUT2D eigenvalue weighted by Gasteiger charge is 2.73. The van der Waals surface area contributed by atoms with Gasteiger partial charge in [-0.05, 0) is 47.6 Å². The fourth-order valence-corrected chi connectivity index (χ4v) is 8.33. The molecule has 53 heavy (non-hydrogen) atoms. The van der Waals surface area contributed by atoms with Crippen molar-refractivity contribution in [1.29, 1.82) is 0 Å². The van der Waals surface area contributed by atoms with Crippen LogP contribution in [-0.4, -0.2) is 85.1 Å². The van der Waals surface area contributed by atoms with E-state index in [1.165, 1.54) is 22.9 Å². The molecule has 0 radical (unpaired) electrons. The lowest BCUT2D eigenvalue weighted by molar-refractivity contribution is -0.392. The number of nitrogens with one attached hydrogen (secondary N) is 2. The van der Waals surface area contributed by atoms with Crippen LogP contribution < -0.4 is 10.6 Å². The molecule has 288 valence electrons. The fraction of sp³-hybridized carbons (Fsp3) is 0.371. The van der Waals surface area contributed by atoms with Crippen LogP contribution in [0.5, 0.6) is 0 Å². The second-order valence-electron chi connectivity index (χ2n) is 12.4. The average Bonchev–Trinajstić information content (AvgIpc) is 3.74. The Balaban J connectivity index is 1.76. The van der Waals surface area contributed by atoms with Gasteiger partial charge in [0.2, 0.25) is 12.3 Å². The summed E-state index contributed by atoms with van der Waals surface area (Å²) in [7, 11) is 0.0489. The fourth-order valence-electron chi connectivity index (χ4n) is 6.53. The normalized spacial score (nSPS) is 21.5. The number of rotatable bonds is 12. The number of halogens is 9. The van der Waals surface area contributed by atoms with Crippen molar-refractivity contribution in [2.24, 2.45) is 0 Å². The predicted molar refractivity (Wildman–Crippen MR) is 180 cm³/mol. The number of nitrogens with zero attached hydrogens (tertiary/aromatic N) is 2. The molecule has 2 aliphatic heterocycles. The minimum Gasteiger partial charge on any atom is -0.357 e. The van der Waals surface area contributed by atoms with E-state index in [-0.39, 0.29) is 49.5 Å². The standard InChI is InChI=1S/C35H35F9N4O4S/c1-22(36)8-9-23(2)53(4)32(15-17-48(20-32)30(51)47-16-14-31(19-47,46-21-49)29(50)45-3)24-10-12-25(13-11-24)33(34(39,40)41,35(42,43)44)52-18-26-27(37)6-5-7-28(26)38/h5-13,21H,1-2,4,14-20H2,3H3,(H,45,50)(H,46,49)/b9-8-/t31?,32-,53?/m0/s1. The van der Waals surface area contributed by atoms with Gasteiger partial charge in [0.05, 0.1) is 17.9 Å². The third-order valence-electron chi connectivity index (χ3n) is 9.39. The molecule has 0 bridgehead atoms. The number of allylic oxidation sites excluding steroid dienone is 3. The number of hydrogen-bond donors (Lipinski definition) is 2. The summed E-state index contributed by atoms with van der Waals surface area (Å²) in [6, 6.07) is 4.65. The molecule has 0 saturated carbocycles. The van der Waals surface area contributed by atoms with Gasteiger partial charge >= 0.3 is 18.4 Å². The molecule has 2 aliphatic rings. The summed E-state index contributed by atoms with van der Waals surface area (Å²) in [5.74, 6) is -0.0419. The first-order valence-corrected chi connectivity index (χ1v) is 17.1. The summed E-state index contributed by atoms with van der Waals surface area (Å²) in [5.41, 5.74) is -8.88. The van der Waals surface area contributed by atoms with Gasteiger partial charge in [-0.15, -0.1) is 10.5 Å². The molecule has 0 aromatic heterocycles. The molecule has 3 atom stereocenters. The molecule has 4 amide bonds. The molecule has 2 N–H and O–H groups in total. The van der Waals surface area contributed by atoms with E-state index in [1.807, 2.05) is 0 Å². The zero-order valence-corrected chi connectivity index (χ0v) is 29.0. The summed E-state index contributed by atoms with van der Waals surface area (Å²) in [4.78, 5) is 40.6. The van der Waals surface area contributed by atoms with Crippen molar-refractivity contribution >= 4 is 34.7 Å². The lowest BCUT2D eigenvalue weighted by Crippen LogP contribution is -2.58. The topological polar surface area (TPSA) is 91.0 Å². The van der Waals surface area contributed by atoms with Gasteiger partial charge in [0.1, 0.15) is 23.0 Å². The first kappa shape index (κ1) is 41.2. The maximum Gasteiger partial charge on any atom is 0.430 e. The molecule has 18 heteroatoms. The lowest BCUT2D eigenvalue weighted by atomic mass is 9.88. The molecule has 2 saturated heterocycles. The Morgan fingerprint density at radius 3 is 2.02 bits per heavy atom. The van der Waals surface area contributed by atoms with Crippen LogP contribution in [0.25, 0.3) is 0 Å². The zero-order valence-electron chi connectivity index (χ0n) is 28.2. The van der Waals surface area contributed by atoms with E-state index in [1.54, 1.807) is 0 Å². The Morgan fingerprint density at radius 2 is 1.49 bits per heavy atom. The van der Waals surface area contributed by atoms with Gasteiger partial charge in [-0.1, -0.05) is 49.4 Å². The minimum absolute atomic E-state index is 0.0172. The van der Waals surface area contributed by atoms with Crippen LogP contribution in [0.1, 0.15) is 29.5 Å². The van der Waals surface area contributed by atoms with Crippen LogP contribution in [0.15, 0.2) is 78.5 Å². The quantitative estimate of drug-likeness (QED) is 0.109. The number of alkyl halides is 6. The van der Waals surface area contributed by atoms with Crippen molar-refractivity contribution in [3.8, 4) is 0 Å². The Bertz CT molecular complexity index is 1780. The third kappa shape index (κ3) is 7.74. The summed E-state index contributed by atoms with van der Waals surface area (Å²) in [5, 5.41) is 4.91. The number of carbonyl (C=O) groups is 3. The van der Waals surface area contributed by atoms with Gasteiger partial charge in [0.15, 0.2) is 0 Å². The van der Waals surface area contributed by atoms with Crippen molar-refractivity contribution < 1.29 is 58.6 Å². The van der Waals surface area contributed by atoms with Crippen molar-refractivity contribution in [3.63, 3.8) is 0 Å². The molecule has 2 aromatic rings. The Labute approximate surface area is 301 Å². The van der Waals surface area contributed by atoms with Gasteiger partial charge < -0.3 is 25.2 Å². The largest absolute Gasteiger partial charge is 0.430 e. The van der Waals surface area contributed by atoms with Gasteiger partial charge in [0, 0.05) is 37.8 Å². The van der Waals surface area contributed by atoms with E-state index in [4.69, 9.17) is 0 Å². The second kappa shape index (κ2) is 15.4. The van der Waals surface area contributed by atoms with E-state index in [2.05, 4.69) is 34.4 Å². The molecule has 0 spiro atoms. The number of urea groups is 1. The smallest absolute Gasteiger partial charge is 0.357 e. The molecule has 2 aromatic carbocycles. The van der Waals surface area contributed by atoms with Crippen molar-refractivity contribution in [1.82, 2.24) is 20.4 Å². The van der Waals surface area contributed by atoms with Crippen LogP contribution in [0.3, 0.4) is 0 Å². The van der Waals surface area contributed by atoms with Gasteiger partial charge in [-0.2, -0.15) is 26.3 Å². The van der Waals surface area contributed by atoms with E-state index < -0.39 is 85.9 Å². The van der Waals surface area contributed by atoms with Crippen LogP contribution in [0.2, 0.25) is 0 Å².